The largest absolute Gasteiger partial charge is 0.338 e. The molecular weight excluding hydrogens is 236 g/mol. The van der Waals surface area contributed by atoms with Crippen molar-refractivity contribution in [1.29, 1.82) is 0 Å². The van der Waals surface area contributed by atoms with Gasteiger partial charge >= 0.3 is 0 Å². The number of rotatable bonds is 4. The van der Waals surface area contributed by atoms with E-state index in [0.29, 0.717) is 29.3 Å². The van der Waals surface area contributed by atoms with E-state index in [1.807, 2.05) is 0 Å². The molecule has 2 bridgehead atoms. The molecule has 1 aliphatic carbocycles. The highest BCUT2D eigenvalue weighted by Gasteiger charge is 2.50. The third-order valence-electron chi connectivity index (χ3n) is 4.99. The van der Waals surface area contributed by atoms with Gasteiger partial charge in [0, 0.05) is 12.6 Å². The minimum atomic E-state index is 0.343. The van der Waals surface area contributed by atoms with Crippen molar-refractivity contribution in [2.75, 3.05) is 26.2 Å². The number of likely N-dealkylation sites (tertiary alicyclic amines) is 1. The summed E-state index contributed by atoms with van der Waals surface area (Å²) in [5.74, 6) is 0.343. The van der Waals surface area contributed by atoms with Crippen LogP contribution in [0.2, 0.25) is 0 Å². The van der Waals surface area contributed by atoms with Gasteiger partial charge in [0.2, 0.25) is 5.91 Å². The molecule has 2 fully saturated rings. The lowest BCUT2D eigenvalue weighted by molar-refractivity contribution is -0.133. The minimum absolute atomic E-state index is 0.343. The summed E-state index contributed by atoms with van der Waals surface area (Å²) in [6.45, 7) is 14.8. The van der Waals surface area contributed by atoms with Gasteiger partial charge in [0.25, 0.3) is 0 Å². The first kappa shape index (κ1) is 14.8. The monoisotopic (exact) mass is 266 g/mol. The van der Waals surface area contributed by atoms with E-state index in [9.17, 15) is 4.79 Å². The maximum absolute atomic E-state index is 12.6. The maximum Gasteiger partial charge on any atom is 0.237 e. The molecule has 1 saturated heterocycles. The molecule has 0 aromatic rings. The maximum atomic E-state index is 12.6. The highest BCUT2D eigenvalue weighted by molar-refractivity contribution is 5.79. The molecule has 3 nitrogen and oxygen atoms in total. The van der Waals surface area contributed by atoms with Gasteiger partial charge < -0.3 is 4.90 Å². The summed E-state index contributed by atoms with van der Waals surface area (Å²) in [6.07, 6.45) is 3.64. The first-order valence-corrected chi connectivity index (χ1v) is 7.80. The second kappa shape index (κ2) is 5.08. The minimum Gasteiger partial charge on any atom is -0.338 e. The van der Waals surface area contributed by atoms with Gasteiger partial charge in [-0.25, -0.2) is 0 Å². The summed E-state index contributed by atoms with van der Waals surface area (Å²) in [6, 6.07) is 0.483. The lowest BCUT2D eigenvalue weighted by Crippen LogP contribution is -2.43. The number of hydrogen-bond donors (Lipinski definition) is 0. The lowest BCUT2D eigenvalue weighted by Gasteiger charge is -2.39. The van der Waals surface area contributed by atoms with Crippen molar-refractivity contribution in [3.8, 4) is 0 Å². The molecule has 0 radical (unpaired) electrons. The van der Waals surface area contributed by atoms with E-state index in [2.05, 4.69) is 44.4 Å². The molecule has 1 saturated carbocycles. The molecule has 2 atom stereocenters. The SMILES string of the molecule is CCN(CC)CC(=O)N1CC2(C)CC1CC(C)(C)C2. The Balaban J connectivity index is 2.05. The van der Waals surface area contributed by atoms with Gasteiger partial charge in [0.1, 0.15) is 0 Å². The van der Waals surface area contributed by atoms with Crippen molar-refractivity contribution < 1.29 is 4.79 Å². The molecule has 2 aliphatic rings. The summed E-state index contributed by atoms with van der Waals surface area (Å²) in [5, 5.41) is 0. The molecule has 1 heterocycles. The molecule has 3 heteroatoms. The van der Waals surface area contributed by atoms with Gasteiger partial charge in [-0.2, -0.15) is 0 Å². The first-order valence-electron chi connectivity index (χ1n) is 7.80. The average Bonchev–Trinajstić information content (AvgIpc) is 2.55. The van der Waals surface area contributed by atoms with Gasteiger partial charge in [0.15, 0.2) is 0 Å². The van der Waals surface area contributed by atoms with Crippen LogP contribution in [-0.4, -0.2) is 47.9 Å². The Labute approximate surface area is 118 Å². The highest BCUT2D eigenvalue weighted by Crippen LogP contribution is 2.52. The zero-order valence-corrected chi connectivity index (χ0v) is 13.3. The number of likely N-dealkylation sites (N-methyl/N-ethyl adjacent to an activating group) is 1. The lowest BCUT2D eigenvalue weighted by atomic mass is 9.65. The van der Waals surface area contributed by atoms with Crippen molar-refractivity contribution >= 4 is 5.91 Å². The predicted molar refractivity (Wildman–Crippen MR) is 79.0 cm³/mol. The van der Waals surface area contributed by atoms with Gasteiger partial charge in [-0.1, -0.05) is 34.6 Å². The molecule has 110 valence electrons. The van der Waals surface area contributed by atoms with Gasteiger partial charge in [-0.3, -0.25) is 9.69 Å². The van der Waals surface area contributed by atoms with Gasteiger partial charge in [0.05, 0.1) is 6.54 Å². The van der Waals surface area contributed by atoms with Crippen LogP contribution in [0.15, 0.2) is 0 Å². The third-order valence-corrected chi connectivity index (χ3v) is 4.99. The highest BCUT2D eigenvalue weighted by atomic mass is 16.2. The van der Waals surface area contributed by atoms with Crippen LogP contribution < -0.4 is 0 Å². The van der Waals surface area contributed by atoms with E-state index in [4.69, 9.17) is 0 Å². The fourth-order valence-electron chi connectivity index (χ4n) is 4.48. The van der Waals surface area contributed by atoms with Crippen molar-refractivity contribution in [3.63, 3.8) is 0 Å². The quantitative estimate of drug-likeness (QED) is 0.781. The van der Waals surface area contributed by atoms with Gasteiger partial charge in [-0.15, -0.1) is 0 Å². The van der Waals surface area contributed by atoms with Crippen LogP contribution in [0.25, 0.3) is 0 Å². The second-order valence-corrected chi connectivity index (χ2v) is 7.70. The van der Waals surface area contributed by atoms with E-state index >= 15 is 0 Å². The van der Waals surface area contributed by atoms with E-state index in [-0.39, 0.29) is 0 Å². The van der Waals surface area contributed by atoms with E-state index in [1.54, 1.807) is 0 Å². The summed E-state index contributed by atoms with van der Waals surface area (Å²) in [4.78, 5) is 17.0. The molecular formula is C16H30N2O. The van der Waals surface area contributed by atoms with Crippen LogP contribution in [-0.2, 0) is 4.79 Å². The zero-order valence-electron chi connectivity index (χ0n) is 13.3. The van der Waals surface area contributed by atoms with Crippen LogP contribution in [0.1, 0.15) is 53.9 Å². The van der Waals surface area contributed by atoms with Gasteiger partial charge in [-0.05, 0) is 43.2 Å². The Morgan fingerprint density at radius 3 is 2.42 bits per heavy atom. The molecule has 2 unspecified atom stereocenters. The fraction of sp³-hybridized carbons (Fsp3) is 0.938. The Kier molecular flexibility index (Phi) is 3.97. The standard InChI is InChI=1S/C16H30N2O/c1-6-17(7-2)10-14(19)18-12-16(5)9-13(18)8-15(3,4)11-16/h13H,6-12H2,1-5H3. The van der Waals surface area contributed by atoms with Crippen LogP contribution in [0, 0.1) is 10.8 Å². The van der Waals surface area contributed by atoms with E-state index in [1.165, 1.54) is 19.3 Å². The van der Waals surface area contributed by atoms with Crippen molar-refractivity contribution in [2.45, 2.75) is 59.9 Å². The predicted octanol–water partition coefficient (Wildman–Crippen LogP) is 2.76. The molecule has 1 amide bonds. The van der Waals surface area contributed by atoms with Crippen LogP contribution in [0.5, 0.6) is 0 Å². The van der Waals surface area contributed by atoms with Crippen LogP contribution in [0.3, 0.4) is 0 Å². The number of fused-ring (bicyclic) bond motifs is 2. The molecule has 1 aliphatic heterocycles. The topological polar surface area (TPSA) is 23.6 Å². The molecule has 19 heavy (non-hydrogen) atoms. The Hall–Kier alpha value is -0.570. The number of nitrogens with zero attached hydrogens (tertiary/aromatic N) is 2. The number of carbonyl (C=O) groups is 1. The summed E-state index contributed by atoms with van der Waals surface area (Å²) < 4.78 is 0. The number of amides is 1. The Morgan fingerprint density at radius 1 is 1.21 bits per heavy atom. The average molecular weight is 266 g/mol. The molecule has 0 N–H and O–H groups in total. The number of carbonyl (C=O) groups excluding carboxylic acids is 1. The molecule has 0 aromatic carbocycles. The summed E-state index contributed by atoms with van der Waals surface area (Å²) in [7, 11) is 0. The Morgan fingerprint density at radius 2 is 1.84 bits per heavy atom. The number of hydrogen-bond acceptors (Lipinski definition) is 2. The second-order valence-electron chi connectivity index (χ2n) is 7.70. The smallest absolute Gasteiger partial charge is 0.237 e. The third kappa shape index (κ3) is 3.13. The molecule has 0 aromatic heterocycles. The van der Waals surface area contributed by atoms with Crippen LogP contribution >= 0.6 is 0 Å². The summed E-state index contributed by atoms with van der Waals surface area (Å²) in [5.41, 5.74) is 0.743. The molecule has 2 rings (SSSR count). The first-order chi connectivity index (χ1) is 8.78. The normalized spacial score (nSPS) is 32.9. The van der Waals surface area contributed by atoms with Crippen molar-refractivity contribution in [3.05, 3.63) is 0 Å². The van der Waals surface area contributed by atoms with E-state index in [0.717, 1.165) is 19.6 Å². The Bertz CT molecular complexity index is 349. The van der Waals surface area contributed by atoms with Crippen molar-refractivity contribution in [2.24, 2.45) is 10.8 Å². The van der Waals surface area contributed by atoms with Crippen LogP contribution in [0.4, 0.5) is 0 Å². The molecule has 0 spiro atoms. The zero-order chi connectivity index (χ0) is 14.3. The van der Waals surface area contributed by atoms with Crippen molar-refractivity contribution in [1.82, 2.24) is 9.80 Å². The summed E-state index contributed by atoms with van der Waals surface area (Å²) >= 11 is 0. The fourth-order valence-corrected chi connectivity index (χ4v) is 4.48. The van der Waals surface area contributed by atoms with E-state index < -0.39 is 0 Å².